The van der Waals surface area contributed by atoms with E-state index in [4.69, 9.17) is 0 Å². The van der Waals surface area contributed by atoms with E-state index in [1.807, 2.05) is 0 Å². The molecule has 1 heterocycles. The van der Waals surface area contributed by atoms with Gasteiger partial charge in [-0.15, -0.1) is 0 Å². The molecule has 1 amide bonds. The zero-order valence-electron chi connectivity index (χ0n) is 23.0. The second kappa shape index (κ2) is 10.1. The predicted octanol–water partition coefficient (Wildman–Crippen LogP) is 5.91. The number of amides is 1. The smallest absolute Gasteiger partial charge is 0.426 e. The molecule has 10 heteroatoms. The third-order valence-corrected chi connectivity index (χ3v) is 9.78. The highest BCUT2D eigenvalue weighted by Gasteiger charge is 2.57. The van der Waals surface area contributed by atoms with Gasteiger partial charge in [-0.05, 0) is 99.1 Å². The number of hydrogen-bond acceptors (Lipinski definition) is 3. The molecular formula is C31H34F5NO4. The van der Waals surface area contributed by atoms with Gasteiger partial charge in [0, 0.05) is 18.0 Å². The molecule has 0 bridgehead atoms. The lowest BCUT2D eigenvalue weighted by Gasteiger charge is -2.46. The highest BCUT2D eigenvalue weighted by molar-refractivity contribution is 5.86. The summed E-state index contributed by atoms with van der Waals surface area (Å²) < 4.78 is 69.5. The van der Waals surface area contributed by atoms with Crippen molar-refractivity contribution in [2.75, 3.05) is 6.54 Å². The third kappa shape index (κ3) is 4.91. The van der Waals surface area contributed by atoms with Crippen molar-refractivity contribution in [2.45, 2.75) is 94.1 Å². The Balaban J connectivity index is 1.53. The minimum atomic E-state index is -5.09. The number of likely N-dealkylation sites (tertiary alicyclic amines) is 1. The van der Waals surface area contributed by atoms with Crippen LogP contribution in [-0.2, 0) is 33.5 Å². The highest BCUT2D eigenvalue weighted by atomic mass is 19.4. The van der Waals surface area contributed by atoms with Crippen molar-refractivity contribution in [3.05, 3.63) is 70.0 Å². The SMILES string of the molecule is Cc1cc(CC23CCN(C(=O)[C@]4(O)CC[C@@H](C(=O)O)CC4)C2CCc2cc(C(C)(F)C(F)(F)F)ccc23)ccc1F. The monoisotopic (exact) mass is 579 g/mol. The fraction of sp³-hybridized carbons (Fsp3) is 0.548. The molecule has 2 N–H and O–H groups in total. The van der Waals surface area contributed by atoms with Gasteiger partial charge < -0.3 is 15.1 Å². The standard InChI is InChI=1S/C31H34F5NO4/c1-18-15-19(3-7-24(18)32)17-29-13-14-37(27(40)30(41)11-9-20(10-12-30)26(38)39)25(29)8-4-21-16-22(5-6-23(21)29)28(2,33)31(34,35)36/h3,5-7,15-16,20,25,41H,4,8-14,17H2,1-2H3,(H,38,39)/t20-,25?,28?,29?,30+. The fourth-order valence-electron chi connectivity index (χ4n) is 7.27. The van der Waals surface area contributed by atoms with E-state index >= 15 is 0 Å². The highest BCUT2D eigenvalue weighted by Crippen LogP contribution is 2.52. The van der Waals surface area contributed by atoms with Gasteiger partial charge in [-0.1, -0.05) is 30.3 Å². The Morgan fingerprint density at radius 1 is 1.02 bits per heavy atom. The number of nitrogens with zero attached hydrogens (tertiary/aromatic N) is 1. The molecule has 0 spiro atoms. The second-order valence-corrected chi connectivity index (χ2v) is 12.2. The van der Waals surface area contributed by atoms with Crippen molar-refractivity contribution in [2.24, 2.45) is 5.92 Å². The van der Waals surface area contributed by atoms with Gasteiger partial charge in [-0.25, -0.2) is 8.78 Å². The second-order valence-electron chi connectivity index (χ2n) is 12.2. The minimum absolute atomic E-state index is 0.0304. The van der Waals surface area contributed by atoms with Crippen LogP contribution in [0.25, 0.3) is 0 Å². The number of aryl methyl sites for hydroxylation is 2. The number of carboxylic acid groups (broad SMARTS) is 1. The number of carbonyl (C=O) groups is 2. The molecule has 1 aliphatic heterocycles. The fourth-order valence-corrected chi connectivity index (χ4v) is 7.27. The summed E-state index contributed by atoms with van der Waals surface area (Å²) in [5, 5.41) is 20.7. The van der Waals surface area contributed by atoms with Crippen LogP contribution < -0.4 is 0 Å². The lowest BCUT2D eigenvalue weighted by molar-refractivity contribution is -0.228. The summed E-state index contributed by atoms with van der Waals surface area (Å²) in [5.41, 5.74) is -3.90. The average molecular weight is 580 g/mol. The van der Waals surface area contributed by atoms with Gasteiger partial charge in [0.25, 0.3) is 5.91 Å². The van der Waals surface area contributed by atoms with Gasteiger partial charge in [0.15, 0.2) is 0 Å². The van der Waals surface area contributed by atoms with E-state index in [0.29, 0.717) is 50.3 Å². The maximum Gasteiger partial charge on any atom is 0.426 e. The first-order valence-corrected chi connectivity index (χ1v) is 14.0. The molecule has 1 saturated carbocycles. The van der Waals surface area contributed by atoms with Crippen LogP contribution in [0.3, 0.4) is 0 Å². The van der Waals surface area contributed by atoms with Crippen LogP contribution >= 0.6 is 0 Å². The Morgan fingerprint density at radius 3 is 2.32 bits per heavy atom. The first-order valence-electron chi connectivity index (χ1n) is 14.0. The van der Waals surface area contributed by atoms with E-state index < -0.39 is 52.3 Å². The summed E-state index contributed by atoms with van der Waals surface area (Å²) in [6.07, 6.45) is -3.13. The van der Waals surface area contributed by atoms with E-state index in [1.54, 1.807) is 24.0 Å². The molecule has 222 valence electrons. The van der Waals surface area contributed by atoms with E-state index in [2.05, 4.69) is 0 Å². The van der Waals surface area contributed by atoms with Crippen molar-refractivity contribution in [1.82, 2.24) is 4.90 Å². The molecule has 5 rings (SSSR count). The summed E-state index contributed by atoms with van der Waals surface area (Å²) >= 11 is 0. The van der Waals surface area contributed by atoms with Crippen molar-refractivity contribution in [3.63, 3.8) is 0 Å². The Bertz CT molecular complexity index is 1360. The number of aliphatic carboxylic acids is 1. The number of alkyl halides is 4. The number of rotatable bonds is 5. The zero-order chi connectivity index (χ0) is 30.0. The van der Waals surface area contributed by atoms with Gasteiger partial charge in [0.2, 0.25) is 5.67 Å². The van der Waals surface area contributed by atoms with Crippen LogP contribution in [0, 0.1) is 18.7 Å². The van der Waals surface area contributed by atoms with Crippen LogP contribution in [0.4, 0.5) is 22.0 Å². The zero-order valence-corrected chi connectivity index (χ0v) is 23.0. The molecule has 3 atom stereocenters. The van der Waals surface area contributed by atoms with Gasteiger partial charge >= 0.3 is 12.1 Å². The number of benzene rings is 2. The topological polar surface area (TPSA) is 77.8 Å². The summed E-state index contributed by atoms with van der Waals surface area (Å²) in [4.78, 5) is 26.9. The van der Waals surface area contributed by atoms with Crippen LogP contribution in [0.15, 0.2) is 36.4 Å². The minimum Gasteiger partial charge on any atom is -0.481 e. The number of halogens is 5. The van der Waals surface area contributed by atoms with Crippen LogP contribution in [0.2, 0.25) is 0 Å². The molecule has 41 heavy (non-hydrogen) atoms. The molecule has 2 aromatic carbocycles. The summed E-state index contributed by atoms with van der Waals surface area (Å²) in [6, 6.07) is 8.32. The molecular weight excluding hydrogens is 545 g/mol. The average Bonchev–Trinajstić information content (AvgIpc) is 3.28. The van der Waals surface area contributed by atoms with Gasteiger partial charge in [-0.2, -0.15) is 13.2 Å². The lowest BCUT2D eigenvalue weighted by atomic mass is 9.63. The number of carbonyl (C=O) groups excluding carboxylic acids is 1. The van der Waals surface area contributed by atoms with Crippen LogP contribution in [0.5, 0.6) is 0 Å². The predicted molar refractivity (Wildman–Crippen MR) is 140 cm³/mol. The van der Waals surface area contributed by atoms with Crippen LogP contribution in [-0.4, -0.2) is 51.4 Å². The third-order valence-electron chi connectivity index (χ3n) is 9.78. The van der Waals surface area contributed by atoms with Gasteiger partial charge in [0.05, 0.1) is 5.92 Å². The van der Waals surface area contributed by atoms with Gasteiger partial charge in [0.1, 0.15) is 11.4 Å². The molecule has 2 aromatic rings. The molecule has 0 aromatic heterocycles. The Morgan fingerprint density at radius 2 is 1.71 bits per heavy atom. The van der Waals surface area contributed by atoms with Crippen molar-refractivity contribution in [3.8, 4) is 0 Å². The van der Waals surface area contributed by atoms with Crippen LogP contribution in [0.1, 0.15) is 73.3 Å². The van der Waals surface area contributed by atoms with Crippen molar-refractivity contribution < 1.29 is 41.8 Å². The number of carboxylic acids is 1. The van der Waals surface area contributed by atoms with E-state index in [-0.39, 0.29) is 31.5 Å². The number of fused-ring (bicyclic) bond motifs is 3. The molecule has 1 saturated heterocycles. The number of hydrogen-bond donors (Lipinski definition) is 2. The van der Waals surface area contributed by atoms with E-state index in [9.17, 15) is 41.8 Å². The molecule has 3 aliphatic rings. The lowest BCUT2D eigenvalue weighted by Crippen LogP contribution is -2.56. The van der Waals surface area contributed by atoms with Crippen molar-refractivity contribution >= 4 is 11.9 Å². The van der Waals surface area contributed by atoms with E-state index in [1.165, 1.54) is 18.2 Å². The first kappa shape index (κ1) is 29.5. The Kier molecular flexibility index (Phi) is 7.24. The molecule has 2 fully saturated rings. The molecule has 0 radical (unpaired) electrons. The van der Waals surface area contributed by atoms with E-state index in [0.717, 1.165) is 17.2 Å². The first-order chi connectivity index (χ1) is 19.1. The molecule has 5 nitrogen and oxygen atoms in total. The van der Waals surface area contributed by atoms with Crippen molar-refractivity contribution in [1.29, 1.82) is 0 Å². The molecule has 3 unspecified atom stereocenters. The van der Waals surface area contributed by atoms with Gasteiger partial charge in [-0.3, -0.25) is 9.59 Å². The molecule has 2 aliphatic carbocycles. The maximum absolute atomic E-state index is 14.9. The normalized spacial score (nSPS) is 29.4. The largest absolute Gasteiger partial charge is 0.481 e. The summed E-state index contributed by atoms with van der Waals surface area (Å²) in [5.74, 6) is -2.39. The number of aliphatic hydroxyl groups is 1. The quantitative estimate of drug-likeness (QED) is 0.432. The summed E-state index contributed by atoms with van der Waals surface area (Å²) in [7, 11) is 0. The maximum atomic E-state index is 14.9. The Hall–Kier alpha value is -3.01. The summed E-state index contributed by atoms with van der Waals surface area (Å²) in [6.45, 7) is 2.44. The Labute approximate surface area is 235 Å².